The summed E-state index contributed by atoms with van der Waals surface area (Å²) in [5, 5.41) is 5.46. The van der Waals surface area contributed by atoms with E-state index in [9.17, 15) is 18.0 Å². The van der Waals surface area contributed by atoms with E-state index in [1.54, 1.807) is 42.6 Å². The number of hydrogen-bond donors (Lipinski definition) is 2. The van der Waals surface area contributed by atoms with E-state index in [1.165, 1.54) is 6.20 Å². The number of carbonyl (C=O) groups excluding carboxylic acids is 1. The Morgan fingerprint density at radius 3 is 2.67 bits per heavy atom. The van der Waals surface area contributed by atoms with Crippen LogP contribution in [0.15, 0.2) is 53.9 Å². The molecular weight excluding hydrogens is 431 g/mol. The van der Waals surface area contributed by atoms with Gasteiger partial charge in [0.2, 0.25) is 0 Å². The zero-order valence-corrected chi connectivity index (χ0v) is 17.9. The van der Waals surface area contributed by atoms with Crippen LogP contribution in [-0.2, 0) is 12.6 Å². The quantitative estimate of drug-likeness (QED) is 0.409. The molecule has 3 aromatic heterocycles. The highest BCUT2D eigenvalue weighted by Crippen LogP contribution is 2.43. The average Bonchev–Trinajstić information content (AvgIpc) is 3.15. The predicted octanol–water partition coefficient (Wildman–Crippen LogP) is 5.24. The number of hydrogen-bond acceptors (Lipinski definition) is 4. The second-order valence-corrected chi connectivity index (χ2v) is 8.96. The fourth-order valence-electron chi connectivity index (χ4n) is 4.45. The number of fused-ring (bicyclic) bond motifs is 5. The SMILES string of the molecule is CC1(C)C/C(=N\NC(=O)c2cccnc2)c2c(nc(C(F)(F)F)c3[nH]c4ccccc4c23)C1. The van der Waals surface area contributed by atoms with Gasteiger partial charge in [-0.2, -0.15) is 18.3 Å². The maximum Gasteiger partial charge on any atom is 0.435 e. The number of aromatic amines is 1. The van der Waals surface area contributed by atoms with Crippen LogP contribution in [0.1, 0.15) is 47.6 Å². The van der Waals surface area contributed by atoms with Gasteiger partial charge in [0.25, 0.3) is 5.91 Å². The second-order valence-electron chi connectivity index (χ2n) is 8.96. The Hall–Kier alpha value is -3.75. The summed E-state index contributed by atoms with van der Waals surface area (Å²) in [6.45, 7) is 3.89. The van der Waals surface area contributed by atoms with Gasteiger partial charge in [0.05, 0.1) is 22.5 Å². The van der Waals surface area contributed by atoms with Gasteiger partial charge in [-0.25, -0.2) is 10.4 Å². The normalized spacial score (nSPS) is 16.8. The number of H-pyrrole nitrogens is 1. The number of nitrogens with one attached hydrogen (secondary N) is 2. The van der Waals surface area contributed by atoms with Crippen molar-refractivity contribution in [2.75, 3.05) is 0 Å². The third-order valence-corrected chi connectivity index (χ3v) is 5.79. The van der Waals surface area contributed by atoms with Crippen LogP contribution in [0.3, 0.4) is 0 Å². The van der Waals surface area contributed by atoms with Gasteiger partial charge in [-0.3, -0.25) is 9.78 Å². The highest BCUT2D eigenvalue weighted by molar-refractivity contribution is 6.21. The van der Waals surface area contributed by atoms with Gasteiger partial charge in [0.15, 0.2) is 5.69 Å². The van der Waals surface area contributed by atoms with Crippen molar-refractivity contribution in [2.45, 2.75) is 32.9 Å². The molecule has 4 aromatic rings. The Bertz CT molecular complexity index is 1420. The molecular formula is C24H20F3N5O. The van der Waals surface area contributed by atoms with Crippen molar-refractivity contribution in [3.8, 4) is 0 Å². The number of pyridine rings is 2. The molecule has 0 saturated heterocycles. The maximum absolute atomic E-state index is 14.0. The first-order valence-corrected chi connectivity index (χ1v) is 10.4. The van der Waals surface area contributed by atoms with Crippen molar-refractivity contribution in [1.29, 1.82) is 0 Å². The van der Waals surface area contributed by atoms with Crippen molar-refractivity contribution in [3.63, 3.8) is 0 Å². The molecule has 0 atom stereocenters. The summed E-state index contributed by atoms with van der Waals surface area (Å²) in [6.07, 6.45) is -0.823. The van der Waals surface area contributed by atoms with Crippen LogP contribution < -0.4 is 5.43 Å². The minimum Gasteiger partial charge on any atom is -0.353 e. The number of rotatable bonds is 2. The van der Waals surface area contributed by atoms with Crippen molar-refractivity contribution < 1.29 is 18.0 Å². The highest BCUT2D eigenvalue weighted by Gasteiger charge is 2.40. The molecule has 1 amide bonds. The number of amides is 1. The van der Waals surface area contributed by atoms with Crippen LogP contribution in [0.2, 0.25) is 0 Å². The number of hydrazone groups is 1. The lowest BCUT2D eigenvalue weighted by atomic mass is 9.74. The molecule has 6 nitrogen and oxygen atoms in total. The van der Waals surface area contributed by atoms with Crippen molar-refractivity contribution >= 4 is 33.4 Å². The molecule has 0 radical (unpaired) electrons. The molecule has 2 N–H and O–H groups in total. The fourth-order valence-corrected chi connectivity index (χ4v) is 4.45. The number of nitrogens with zero attached hydrogens (tertiary/aromatic N) is 3. The zero-order chi connectivity index (χ0) is 23.4. The number of carbonyl (C=O) groups is 1. The van der Waals surface area contributed by atoms with E-state index >= 15 is 0 Å². The summed E-state index contributed by atoms with van der Waals surface area (Å²) in [5.74, 6) is -0.449. The lowest BCUT2D eigenvalue weighted by Gasteiger charge is -2.32. The Labute approximate surface area is 186 Å². The molecule has 1 aliphatic carbocycles. The fraction of sp³-hybridized carbons (Fsp3) is 0.250. The van der Waals surface area contributed by atoms with Gasteiger partial charge in [-0.15, -0.1) is 0 Å². The van der Waals surface area contributed by atoms with Gasteiger partial charge in [0.1, 0.15) is 0 Å². The highest BCUT2D eigenvalue weighted by atomic mass is 19.4. The molecule has 0 spiro atoms. The molecule has 1 aliphatic rings. The van der Waals surface area contributed by atoms with Crippen LogP contribution in [0.4, 0.5) is 13.2 Å². The number of benzene rings is 1. The number of alkyl halides is 3. The molecule has 0 unspecified atom stereocenters. The van der Waals surface area contributed by atoms with Gasteiger partial charge in [-0.1, -0.05) is 32.0 Å². The monoisotopic (exact) mass is 451 g/mol. The molecule has 1 aromatic carbocycles. The standard InChI is InChI=1S/C24H20F3N5O/c1-23(2)10-16-19(17(11-23)31-32-22(33)13-6-5-9-28-12-13)18-14-7-3-4-8-15(14)29-20(18)21(30-16)24(25,26)27/h3-9,12,29H,10-11H2,1-2H3,(H,32,33)/b31-17+. The van der Waals surface area contributed by atoms with E-state index < -0.39 is 17.8 Å². The molecule has 33 heavy (non-hydrogen) atoms. The predicted molar refractivity (Wildman–Crippen MR) is 119 cm³/mol. The first-order chi connectivity index (χ1) is 15.6. The summed E-state index contributed by atoms with van der Waals surface area (Å²) < 4.78 is 41.9. The molecule has 0 bridgehead atoms. The molecule has 5 rings (SSSR count). The molecule has 0 aliphatic heterocycles. The van der Waals surface area contributed by atoms with Crippen molar-refractivity contribution in [2.24, 2.45) is 10.5 Å². The number of halogens is 3. The summed E-state index contributed by atoms with van der Waals surface area (Å²) in [4.78, 5) is 23.5. The van der Waals surface area contributed by atoms with E-state index in [0.717, 1.165) is 0 Å². The number of aromatic nitrogens is 3. The molecule has 0 saturated carbocycles. The van der Waals surface area contributed by atoms with Crippen molar-refractivity contribution in [1.82, 2.24) is 20.4 Å². The first kappa shape index (κ1) is 21.1. The Morgan fingerprint density at radius 2 is 1.94 bits per heavy atom. The molecule has 168 valence electrons. The Morgan fingerprint density at radius 1 is 1.15 bits per heavy atom. The lowest BCUT2D eigenvalue weighted by molar-refractivity contribution is -0.140. The van der Waals surface area contributed by atoms with Crippen molar-refractivity contribution in [3.05, 3.63) is 71.3 Å². The topological polar surface area (TPSA) is 83.0 Å². The second kappa shape index (κ2) is 7.40. The Balaban J connectivity index is 1.75. The third-order valence-electron chi connectivity index (χ3n) is 5.79. The smallest absolute Gasteiger partial charge is 0.353 e. The van der Waals surface area contributed by atoms with Crippen LogP contribution in [0, 0.1) is 5.41 Å². The van der Waals surface area contributed by atoms with E-state index in [1.807, 2.05) is 13.8 Å². The molecule has 0 fully saturated rings. The van der Waals surface area contributed by atoms with Crippen LogP contribution in [0.25, 0.3) is 21.8 Å². The summed E-state index contributed by atoms with van der Waals surface area (Å²) >= 11 is 0. The molecule has 9 heteroatoms. The lowest BCUT2D eigenvalue weighted by Crippen LogP contribution is -2.31. The van der Waals surface area contributed by atoms with Gasteiger partial charge >= 0.3 is 6.18 Å². The average molecular weight is 451 g/mol. The van der Waals surface area contributed by atoms with Crippen LogP contribution >= 0.6 is 0 Å². The van der Waals surface area contributed by atoms with Gasteiger partial charge in [-0.05, 0) is 36.5 Å². The largest absolute Gasteiger partial charge is 0.435 e. The van der Waals surface area contributed by atoms with Gasteiger partial charge in [0, 0.05) is 34.2 Å². The number of para-hydroxylation sites is 1. The van der Waals surface area contributed by atoms with Gasteiger partial charge < -0.3 is 4.98 Å². The van der Waals surface area contributed by atoms with E-state index in [4.69, 9.17) is 0 Å². The van der Waals surface area contributed by atoms with Crippen LogP contribution in [0.5, 0.6) is 0 Å². The molecule has 3 heterocycles. The van der Waals surface area contributed by atoms with E-state index in [0.29, 0.717) is 51.7 Å². The van der Waals surface area contributed by atoms with E-state index in [-0.39, 0.29) is 10.9 Å². The Kier molecular flexibility index (Phi) is 4.73. The van der Waals surface area contributed by atoms with E-state index in [2.05, 4.69) is 25.5 Å². The zero-order valence-electron chi connectivity index (χ0n) is 17.9. The summed E-state index contributed by atoms with van der Waals surface area (Å²) in [7, 11) is 0. The summed E-state index contributed by atoms with van der Waals surface area (Å²) in [6, 6.07) is 10.3. The minimum absolute atomic E-state index is 0.0755. The first-order valence-electron chi connectivity index (χ1n) is 10.4. The summed E-state index contributed by atoms with van der Waals surface area (Å²) in [5.41, 5.74) is 3.42. The van der Waals surface area contributed by atoms with Crippen LogP contribution in [-0.4, -0.2) is 26.6 Å². The maximum atomic E-state index is 14.0. The third kappa shape index (κ3) is 3.73. The minimum atomic E-state index is -4.62.